The minimum atomic E-state index is -0.0976. The fourth-order valence-corrected chi connectivity index (χ4v) is 3.98. The van der Waals surface area contributed by atoms with E-state index in [9.17, 15) is 4.79 Å². The number of nitrogens with one attached hydrogen (secondary N) is 1. The van der Waals surface area contributed by atoms with E-state index in [2.05, 4.69) is 20.4 Å². The molecule has 30 heavy (non-hydrogen) atoms. The molecule has 0 spiro atoms. The second kappa shape index (κ2) is 8.98. The molecule has 1 saturated heterocycles. The molecule has 1 aliphatic rings. The molecule has 156 valence electrons. The number of rotatable bonds is 5. The molecule has 0 bridgehead atoms. The molecule has 1 aliphatic heterocycles. The van der Waals surface area contributed by atoms with Gasteiger partial charge in [-0.25, -0.2) is 0 Å². The fourth-order valence-electron chi connectivity index (χ4n) is 3.70. The van der Waals surface area contributed by atoms with E-state index in [1.54, 1.807) is 0 Å². The van der Waals surface area contributed by atoms with E-state index < -0.39 is 0 Å². The van der Waals surface area contributed by atoms with Crippen LogP contribution in [0.1, 0.15) is 29.8 Å². The first kappa shape index (κ1) is 20.6. The number of carbonyl (C=O) groups is 1. The summed E-state index contributed by atoms with van der Waals surface area (Å²) in [7, 11) is 0. The summed E-state index contributed by atoms with van der Waals surface area (Å²) in [4.78, 5) is 19.5. The second-order valence-electron chi connectivity index (χ2n) is 7.93. The van der Waals surface area contributed by atoms with Crippen LogP contribution in [0.4, 0.5) is 5.69 Å². The molecule has 2 aromatic carbocycles. The molecule has 7 heteroatoms. The van der Waals surface area contributed by atoms with Gasteiger partial charge in [-0.2, -0.15) is 4.98 Å². The summed E-state index contributed by atoms with van der Waals surface area (Å²) in [5.74, 6) is 1.05. The Balaban J connectivity index is 1.37. The van der Waals surface area contributed by atoms with Crippen LogP contribution in [0, 0.1) is 19.8 Å². The first-order valence-corrected chi connectivity index (χ1v) is 10.5. The highest BCUT2D eigenvalue weighted by molar-refractivity contribution is 6.33. The van der Waals surface area contributed by atoms with Gasteiger partial charge in [-0.1, -0.05) is 40.5 Å². The van der Waals surface area contributed by atoms with E-state index in [4.69, 9.17) is 16.1 Å². The van der Waals surface area contributed by atoms with Crippen LogP contribution in [0.15, 0.2) is 47.0 Å². The quantitative estimate of drug-likeness (QED) is 0.633. The van der Waals surface area contributed by atoms with E-state index in [0.717, 1.165) is 30.5 Å². The van der Waals surface area contributed by atoms with Gasteiger partial charge in [-0.3, -0.25) is 9.69 Å². The summed E-state index contributed by atoms with van der Waals surface area (Å²) in [6, 6.07) is 13.6. The minimum Gasteiger partial charge on any atom is -0.334 e. The van der Waals surface area contributed by atoms with Gasteiger partial charge in [-0.15, -0.1) is 0 Å². The first-order valence-electron chi connectivity index (χ1n) is 10.2. The van der Waals surface area contributed by atoms with Gasteiger partial charge in [0.15, 0.2) is 5.82 Å². The van der Waals surface area contributed by atoms with Gasteiger partial charge < -0.3 is 9.84 Å². The molecule has 1 amide bonds. The zero-order valence-electron chi connectivity index (χ0n) is 17.2. The smallest absolute Gasteiger partial charge is 0.257 e. The van der Waals surface area contributed by atoms with E-state index in [1.165, 1.54) is 5.56 Å². The molecule has 1 aromatic heterocycles. The summed E-state index contributed by atoms with van der Waals surface area (Å²) in [5, 5.41) is 7.66. The van der Waals surface area contributed by atoms with E-state index >= 15 is 0 Å². The van der Waals surface area contributed by atoms with Crippen LogP contribution < -0.4 is 5.32 Å². The Labute approximate surface area is 181 Å². The van der Waals surface area contributed by atoms with Crippen molar-refractivity contribution in [3.63, 3.8) is 0 Å². The predicted octanol–water partition coefficient (Wildman–Crippen LogP) is 4.86. The topological polar surface area (TPSA) is 71.3 Å². The highest BCUT2D eigenvalue weighted by Gasteiger charge is 2.27. The summed E-state index contributed by atoms with van der Waals surface area (Å²) in [6.45, 7) is 6.13. The third-order valence-corrected chi connectivity index (χ3v) is 5.70. The van der Waals surface area contributed by atoms with Crippen LogP contribution in [0.25, 0.3) is 11.5 Å². The number of hydrogen-bond acceptors (Lipinski definition) is 5. The Kier molecular flexibility index (Phi) is 6.16. The lowest BCUT2D eigenvalue weighted by Crippen LogP contribution is -2.40. The third kappa shape index (κ3) is 4.89. The molecule has 0 saturated carbocycles. The maximum atomic E-state index is 12.8. The lowest BCUT2D eigenvalue weighted by molar-refractivity contribution is -0.121. The molecule has 3 aromatic rings. The Morgan fingerprint density at radius 3 is 2.73 bits per heavy atom. The zero-order valence-corrected chi connectivity index (χ0v) is 17.9. The second-order valence-corrected chi connectivity index (χ2v) is 8.34. The molecule has 4 rings (SSSR count). The van der Waals surface area contributed by atoms with Gasteiger partial charge in [0.2, 0.25) is 5.91 Å². The maximum Gasteiger partial charge on any atom is 0.257 e. The van der Waals surface area contributed by atoms with Crippen molar-refractivity contribution in [1.82, 2.24) is 15.0 Å². The van der Waals surface area contributed by atoms with Gasteiger partial charge in [0, 0.05) is 12.1 Å². The van der Waals surface area contributed by atoms with Crippen molar-refractivity contribution in [3.8, 4) is 11.5 Å². The standard InChI is InChI=1S/C23H25ClN4O2/c1-15-5-8-17(9-6-15)23-26-21(27-30-23)14-28-11-3-4-18(13-28)22(29)25-20-10-7-16(2)12-19(20)24/h5-10,12,18H,3-4,11,13-14H2,1-2H3,(H,25,29)/t18-/m0/s1. The molecule has 0 aliphatic carbocycles. The first-order chi connectivity index (χ1) is 14.5. The van der Waals surface area contributed by atoms with E-state index in [1.807, 2.05) is 56.3 Å². The number of anilines is 1. The summed E-state index contributed by atoms with van der Waals surface area (Å²) in [5.41, 5.74) is 3.81. The number of piperidine rings is 1. The zero-order chi connectivity index (χ0) is 21.1. The van der Waals surface area contributed by atoms with Crippen LogP contribution in [-0.4, -0.2) is 34.0 Å². The van der Waals surface area contributed by atoms with Crippen molar-refractivity contribution in [2.24, 2.45) is 5.92 Å². The SMILES string of the molecule is Cc1ccc(-c2nc(CN3CCC[C@H](C(=O)Nc4ccc(C)cc4Cl)C3)no2)cc1. The van der Waals surface area contributed by atoms with Crippen LogP contribution in [0.5, 0.6) is 0 Å². The van der Waals surface area contributed by atoms with E-state index in [0.29, 0.717) is 35.5 Å². The summed E-state index contributed by atoms with van der Waals surface area (Å²) >= 11 is 6.26. The van der Waals surface area contributed by atoms with Gasteiger partial charge in [0.1, 0.15) is 0 Å². The van der Waals surface area contributed by atoms with Crippen molar-refractivity contribution in [1.29, 1.82) is 0 Å². The average Bonchev–Trinajstić information content (AvgIpc) is 3.19. The summed E-state index contributed by atoms with van der Waals surface area (Å²) in [6.07, 6.45) is 1.80. The van der Waals surface area contributed by atoms with Gasteiger partial charge in [-0.05, 0) is 63.1 Å². The molecule has 6 nitrogen and oxygen atoms in total. The Bertz CT molecular complexity index is 1030. The van der Waals surface area contributed by atoms with E-state index in [-0.39, 0.29) is 11.8 Å². The Morgan fingerprint density at radius 1 is 1.20 bits per heavy atom. The number of hydrogen-bond donors (Lipinski definition) is 1. The number of aromatic nitrogens is 2. The lowest BCUT2D eigenvalue weighted by Gasteiger charge is -2.31. The van der Waals surface area contributed by atoms with Crippen molar-refractivity contribution < 1.29 is 9.32 Å². The van der Waals surface area contributed by atoms with Gasteiger partial charge in [0.05, 0.1) is 23.2 Å². The number of amides is 1. The minimum absolute atomic E-state index is 0.00101. The Hall–Kier alpha value is -2.70. The van der Waals surface area contributed by atoms with Crippen molar-refractivity contribution in [3.05, 3.63) is 64.4 Å². The number of halogens is 1. The number of benzene rings is 2. The van der Waals surface area contributed by atoms with Crippen molar-refractivity contribution >= 4 is 23.2 Å². The van der Waals surface area contributed by atoms with Crippen LogP contribution in [-0.2, 0) is 11.3 Å². The molecule has 0 unspecified atom stereocenters. The van der Waals surface area contributed by atoms with Crippen LogP contribution in [0.3, 0.4) is 0 Å². The molecule has 1 atom stereocenters. The normalized spacial score (nSPS) is 17.1. The third-order valence-electron chi connectivity index (χ3n) is 5.39. The molecule has 2 heterocycles. The molecular formula is C23H25ClN4O2. The maximum absolute atomic E-state index is 12.8. The van der Waals surface area contributed by atoms with Crippen LogP contribution >= 0.6 is 11.6 Å². The molecule has 1 fully saturated rings. The molecular weight excluding hydrogens is 400 g/mol. The number of nitrogens with zero attached hydrogens (tertiary/aromatic N) is 3. The monoisotopic (exact) mass is 424 g/mol. The molecule has 0 radical (unpaired) electrons. The Morgan fingerprint density at radius 2 is 1.97 bits per heavy atom. The van der Waals surface area contributed by atoms with Gasteiger partial charge >= 0.3 is 0 Å². The van der Waals surface area contributed by atoms with Crippen LogP contribution in [0.2, 0.25) is 5.02 Å². The summed E-state index contributed by atoms with van der Waals surface area (Å²) < 4.78 is 5.43. The predicted molar refractivity (Wildman–Crippen MR) is 117 cm³/mol. The highest BCUT2D eigenvalue weighted by atomic mass is 35.5. The number of aryl methyl sites for hydroxylation is 2. The average molecular weight is 425 g/mol. The number of likely N-dealkylation sites (tertiary alicyclic amines) is 1. The van der Waals surface area contributed by atoms with Crippen molar-refractivity contribution in [2.75, 3.05) is 18.4 Å². The largest absolute Gasteiger partial charge is 0.334 e. The molecule has 1 N–H and O–H groups in total. The van der Waals surface area contributed by atoms with Gasteiger partial charge in [0.25, 0.3) is 5.89 Å². The lowest BCUT2D eigenvalue weighted by atomic mass is 9.97. The number of carbonyl (C=O) groups excluding carboxylic acids is 1. The van der Waals surface area contributed by atoms with Crippen molar-refractivity contribution in [2.45, 2.75) is 33.2 Å². The fraction of sp³-hybridized carbons (Fsp3) is 0.348. The highest BCUT2D eigenvalue weighted by Crippen LogP contribution is 2.26.